The molecule has 2 aromatic rings. The highest BCUT2D eigenvalue weighted by atomic mass is 79.9. The number of halogens is 1. The van der Waals surface area contributed by atoms with Gasteiger partial charge in [0.2, 0.25) is 0 Å². The summed E-state index contributed by atoms with van der Waals surface area (Å²) >= 11 is 3.30. The lowest BCUT2D eigenvalue weighted by atomic mass is 10.2. The van der Waals surface area contributed by atoms with Gasteiger partial charge in [0.1, 0.15) is 18.1 Å². The summed E-state index contributed by atoms with van der Waals surface area (Å²) in [4.78, 5) is 24.4. The van der Waals surface area contributed by atoms with E-state index in [4.69, 9.17) is 9.15 Å². The lowest BCUT2D eigenvalue weighted by Crippen LogP contribution is -2.28. The van der Waals surface area contributed by atoms with E-state index in [9.17, 15) is 9.59 Å². The highest BCUT2D eigenvalue weighted by Gasteiger charge is 2.17. The fourth-order valence-corrected chi connectivity index (χ4v) is 2.17. The van der Waals surface area contributed by atoms with Crippen molar-refractivity contribution in [1.82, 2.24) is 5.32 Å². The Morgan fingerprint density at radius 2 is 2.04 bits per heavy atom. The van der Waals surface area contributed by atoms with Crippen LogP contribution in [0.15, 0.2) is 69.9 Å². The van der Waals surface area contributed by atoms with Crippen molar-refractivity contribution in [3.05, 3.63) is 76.8 Å². The smallest absolute Gasteiger partial charge is 0.355 e. The van der Waals surface area contributed by atoms with Gasteiger partial charge in [-0.25, -0.2) is 4.79 Å². The first-order valence-electron chi connectivity index (χ1n) is 6.71. The summed E-state index contributed by atoms with van der Waals surface area (Å²) in [7, 11) is 0. The summed E-state index contributed by atoms with van der Waals surface area (Å²) in [6.07, 6.45) is 4.31. The molecule has 0 aliphatic rings. The van der Waals surface area contributed by atoms with Crippen LogP contribution >= 0.6 is 15.9 Å². The number of amides is 1. The highest BCUT2D eigenvalue weighted by molar-refractivity contribution is 9.10. The first-order valence-corrected chi connectivity index (χ1v) is 7.50. The van der Waals surface area contributed by atoms with Gasteiger partial charge < -0.3 is 14.5 Å². The Morgan fingerprint density at radius 3 is 2.70 bits per heavy atom. The van der Waals surface area contributed by atoms with E-state index in [0.717, 1.165) is 0 Å². The fourth-order valence-electron chi connectivity index (χ4n) is 1.71. The van der Waals surface area contributed by atoms with Gasteiger partial charge >= 0.3 is 5.97 Å². The van der Waals surface area contributed by atoms with Crippen LogP contribution in [-0.2, 0) is 9.53 Å². The molecule has 1 amide bonds. The molecule has 1 aromatic carbocycles. The van der Waals surface area contributed by atoms with Gasteiger partial charge in [0, 0.05) is 10.5 Å². The average Bonchev–Trinajstić information content (AvgIpc) is 3.05. The molecule has 0 spiro atoms. The SMILES string of the molecule is C=CCOC(=O)/C(=C\c1ccco1)NC(=O)c1ccccc1Br. The summed E-state index contributed by atoms with van der Waals surface area (Å²) in [5.41, 5.74) is 0.372. The third kappa shape index (κ3) is 4.69. The zero-order chi connectivity index (χ0) is 16.7. The van der Waals surface area contributed by atoms with Gasteiger partial charge in [-0.2, -0.15) is 0 Å². The van der Waals surface area contributed by atoms with Crippen molar-refractivity contribution in [3.8, 4) is 0 Å². The molecule has 2 rings (SSSR count). The summed E-state index contributed by atoms with van der Waals surface area (Å²) in [5.74, 6) is -0.699. The molecule has 0 saturated carbocycles. The monoisotopic (exact) mass is 375 g/mol. The molecular weight excluding hydrogens is 362 g/mol. The van der Waals surface area contributed by atoms with Crippen LogP contribution < -0.4 is 5.32 Å². The Balaban J connectivity index is 2.24. The van der Waals surface area contributed by atoms with Crippen LogP contribution in [0.2, 0.25) is 0 Å². The number of ether oxygens (including phenoxy) is 1. The Labute approximate surface area is 141 Å². The predicted octanol–water partition coefficient (Wildman–Crippen LogP) is 3.54. The molecular formula is C17H14BrNO4. The molecule has 1 N–H and O–H groups in total. The molecule has 0 fully saturated rings. The number of esters is 1. The van der Waals surface area contributed by atoms with E-state index in [0.29, 0.717) is 15.8 Å². The Morgan fingerprint density at radius 1 is 1.26 bits per heavy atom. The second-order valence-electron chi connectivity index (χ2n) is 4.39. The van der Waals surface area contributed by atoms with Crippen LogP contribution in [0.1, 0.15) is 16.1 Å². The molecule has 0 atom stereocenters. The zero-order valence-electron chi connectivity index (χ0n) is 12.1. The number of rotatable bonds is 6. The second kappa shape index (κ2) is 8.14. The molecule has 0 aliphatic heterocycles. The largest absolute Gasteiger partial charge is 0.465 e. The number of benzene rings is 1. The minimum Gasteiger partial charge on any atom is -0.465 e. The standard InChI is InChI=1S/C17H14BrNO4/c1-2-9-23-17(21)15(11-12-6-5-10-22-12)19-16(20)13-7-3-4-8-14(13)18/h2-8,10-11H,1,9H2,(H,19,20)/b15-11+. The maximum atomic E-state index is 12.3. The molecule has 5 nitrogen and oxygen atoms in total. The third-order valence-electron chi connectivity index (χ3n) is 2.75. The predicted molar refractivity (Wildman–Crippen MR) is 89.4 cm³/mol. The summed E-state index contributed by atoms with van der Waals surface area (Å²) in [5, 5.41) is 2.54. The third-order valence-corrected chi connectivity index (χ3v) is 3.44. The maximum Gasteiger partial charge on any atom is 0.355 e. The van der Waals surface area contributed by atoms with Crippen molar-refractivity contribution in [1.29, 1.82) is 0 Å². The molecule has 0 bridgehead atoms. The molecule has 0 radical (unpaired) electrons. The van der Waals surface area contributed by atoms with Crippen molar-refractivity contribution in [3.63, 3.8) is 0 Å². The Hall–Kier alpha value is -2.60. The topological polar surface area (TPSA) is 68.5 Å². The van der Waals surface area contributed by atoms with Gasteiger partial charge in [-0.1, -0.05) is 24.8 Å². The van der Waals surface area contributed by atoms with Crippen molar-refractivity contribution < 1.29 is 18.7 Å². The molecule has 1 heterocycles. The van der Waals surface area contributed by atoms with Crippen LogP contribution in [0.4, 0.5) is 0 Å². The number of hydrogen-bond acceptors (Lipinski definition) is 4. The minimum absolute atomic E-state index is 0.0254. The van der Waals surface area contributed by atoms with Crippen molar-refractivity contribution >= 4 is 33.9 Å². The summed E-state index contributed by atoms with van der Waals surface area (Å²) < 4.78 is 10.8. The van der Waals surface area contributed by atoms with Crippen LogP contribution in [0.3, 0.4) is 0 Å². The van der Waals surface area contributed by atoms with Crippen LogP contribution in [0.5, 0.6) is 0 Å². The van der Waals surface area contributed by atoms with Gasteiger partial charge in [-0.05, 0) is 40.2 Å². The molecule has 6 heteroatoms. The Kier molecular flexibility index (Phi) is 5.94. The summed E-state index contributed by atoms with van der Waals surface area (Å²) in [6, 6.07) is 10.2. The number of carbonyl (C=O) groups is 2. The molecule has 0 unspecified atom stereocenters. The second-order valence-corrected chi connectivity index (χ2v) is 5.25. The van der Waals surface area contributed by atoms with Crippen LogP contribution in [0, 0.1) is 0 Å². The average molecular weight is 376 g/mol. The summed E-state index contributed by atoms with van der Waals surface area (Å²) in [6.45, 7) is 3.52. The van der Waals surface area contributed by atoms with E-state index in [2.05, 4.69) is 27.8 Å². The molecule has 23 heavy (non-hydrogen) atoms. The van der Waals surface area contributed by atoms with Gasteiger partial charge in [-0.3, -0.25) is 4.79 Å². The first kappa shape index (κ1) is 16.8. The fraction of sp³-hybridized carbons (Fsp3) is 0.0588. The normalized spacial score (nSPS) is 10.9. The first-order chi connectivity index (χ1) is 11.1. The van der Waals surface area contributed by atoms with Gasteiger partial charge in [0.25, 0.3) is 5.91 Å². The van der Waals surface area contributed by atoms with E-state index in [-0.39, 0.29) is 12.3 Å². The zero-order valence-corrected chi connectivity index (χ0v) is 13.7. The van der Waals surface area contributed by atoms with Crippen LogP contribution in [-0.4, -0.2) is 18.5 Å². The Bertz CT molecular complexity index is 735. The van der Waals surface area contributed by atoms with E-state index in [1.54, 1.807) is 36.4 Å². The lowest BCUT2D eigenvalue weighted by molar-refractivity contribution is -0.138. The quantitative estimate of drug-likeness (QED) is 0.476. The van der Waals surface area contributed by atoms with Gasteiger partial charge in [0.15, 0.2) is 0 Å². The van der Waals surface area contributed by atoms with E-state index in [1.165, 1.54) is 18.4 Å². The molecule has 0 saturated heterocycles. The molecule has 118 valence electrons. The number of nitrogens with one attached hydrogen (secondary N) is 1. The van der Waals surface area contributed by atoms with E-state index in [1.807, 2.05) is 0 Å². The highest BCUT2D eigenvalue weighted by Crippen LogP contribution is 2.16. The molecule has 1 aromatic heterocycles. The van der Waals surface area contributed by atoms with Gasteiger partial charge in [0.05, 0.1) is 11.8 Å². The van der Waals surface area contributed by atoms with Crippen molar-refractivity contribution in [2.45, 2.75) is 0 Å². The van der Waals surface area contributed by atoms with Crippen molar-refractivity contribution in [2.75, 3.05) is 6.61 Å². The van der Waals surface area contributed by atoms with Crippen molar-refractivity contribution in [2.24, 2.45) is 0 Å². The van der Waals surface area contributed by atoms with E-state index < -0.39 is 11.9 Å². The number of carbonyl (C=O) groups excluding carboxylic acids is 2. The maximum absolute atomic E-state index is 12.3. The van der Waals surface area contributed by atoms with Crippen LogP contribution in [0.25, 0.3) is 6.08 Å². The lowest BCUT2D eigenvalue weighted by Gasteiger charge is -2.10. The minimum atomic E-state index is -0.679. The molecule has 0 aliphatic carbocycles. The number of furan rings is 1. The number of hydrogen-bond donors (Lipinski definition) is 1. The van der Waals surface area contributed by atoms with E-state index >= 15 is 0 Å². The van der Waals surface area contributed by atoms with Gasteiger partial charge in [-0.15, -0.1) is 0 Å².